The van der Waals surface area contributed by atoms with E-state index in [1.54, 1.807) is 7.11 Å². The number of hydrogen-bond donors (Lipinski definition) is 0. The monoisotopic (exact) mass is 188 g/mol. The van der Waals surface area contributed by atoms with Gasteiger partial charge in [0.1, 0.15) is 5.75 Å². The summed E-state index contributed by atoms with van der Waals surface area (Å²) in [5, 5.41) is 0. The van der Waals surface area contributed by atoms with Gasteiger partial charge in [-0.25, -0.2) is 0 Å². The molecule has 0 heterocycles. The van der Waals surface area contributed by atoms with Crippen molar-refractivity contribution in [3.8, 4) is 18.1 Å². The van der Waals surface area contributed by atoms with E-state index in [2.05, 4.69) is 25.0 Å². The van der Waals surface area contributed by atoms with Crippen molar-refractivity contribution in [3.63, 3.8) is 0 Å². The molecule has 0 spiro atoms. The van der Waals surface area contributed by atoms with Crippen LogP contribution in [-0.4, -0.2) is 7.11 Å². The van der Waals surface area contributed by atoms with Crippen molar-refractivity contribution in [2.24, 2.45) is 0 Å². The summed E-state index contributed by atoms with van der Waals surface area (Å²) in [6.07, 6.45) is 7.97. The highest BCUT2D eigenvalue weighted by molar-refractivity contribution is 5.37. The first-order valence-corrected chi connectivity index (χ1v) is 4.91. The first-order chi connectivity index (χ1) is 6.81. The molecule has 0 aromatic heterocycles. The van der Waals surface area contributed by atoms with Gasteiger partial charge in [-0.1, -0.05) is 19.1 Å². The maximum absolute atomic E-state index is 5.26. The zero-order valence-electron chi connectivity index (χ0n) is 8.84. The average molecular weight is 188 g/mol. The van der Waals surface area contributed by atoms with E-state index >= 15 is 0 Å². The SMILES string of the molecule is C#CCCc1ccc(OC)c(CC)c1. The predicted octanol–water partition coefficient (Wildman–Crippen LogP) is 2.82. The molecule has 0 bridgehead atoms. The quantitative estimate of drug-likeness (QED) is 0.660. The Bertz CT molecular complexity index is 334. The molecule has 1 aromatic carbocycles. The molecule has 1 heteroatoms. The van der Waals surface area contributed by atoms with Crippen LogP contribution in [0.2, 0.25) is 0 Å². The molecular weight excluding hydrogens is 172 g/mol. The lowest BCUT2D eigenvalue weighted by molar-refractivity contribution is 0.410. The standard InChI is InChI=1S/C13H16O/c1-4-6-7-11-8-9-13(14-3)12(5-2)10-11/h1,8-10H,5-7H2,2-3H3. The van der Waals surface area contributed by atoms with Gasteiger partial charge in [-0.15, -0.1) is 12.3 Å². The third-order valence-electron chi connectivity index (χ3n) is 2.28. The molecule has 14 heavy (non-hydrogen) atoms. The van der Waals surface area contributed by atoms with E-state index in [0.717, 1.165) is 25.0 Å². The minimum Gasteiger partial charge on any atom is -0.496 e. The minimum atomic E-state index is 0.801. The van der Waals surface area contributed by atoms with Crippen LogP contribution in [0.4, 0.5) is 0 Å². The van der Waals surface area contributed by atoms with Crippen LogP contribution in [0.25, 0.3) is 0 Å². The Hall–Kier alpha value is -1.42. The van der Waals surface area contributed by atoms with E-state index in [1.165, 1.54) is 11.1 Å². The summed E-state index contributed by atoms with van der Waals surface area (Å²) in [6.45, 7) is 2.13. The molecule has 0 atom stereocenters. The number of rotatable bonds is 4. The fraction of sp³-hybridized carbons (Fsp3) is 0.385. The third kappa shape index (κ3) is 2.53. The largest absolute Gasteiger partial charge is 0.496 e. The molecule has 74 valence electrons. The number of aryl methyl sites for hydroxylation is 2. The van der Waals surface area contributed by atoms with Crippen LogP contribution in [0.15, 0.2) is 18.2 Å². The number of hydrogen-bond acceptors (Lipinski definition) is 1. The summed E-state index contributed by atoms with van der Waals surface area (Å²) in [4.78, 5) is 0. The Morgan fingerprint density at radius 2 is 2.21 bits per heavy atom. The Morgan fingerprint density at radius 3 is 2.79 bits per heavy atom. The molecule has 0 aliphatic rings. The molecule has 0 unspecified atom stereocenters. The molecule has 1 rings (SSSR count). The molecule has 0 amide bonds. The fourth-order valence-corrected chi connectivity index (χ4v) is 1.48. The molecule has 0 radical (unpaired) electrons. The summed E-state index contributed by atoms with van der Waals surface area (Å²) in [7, 11) is 1.70. The summed E-state index contributed by atoms with van der Waals surface area (Å²) >= 11 is 0. The molecule has 0 aliphatic carbocycles. The number of benzene rings is 1. The average Bonchev–Trinajstić information content (AvgIpc) is 2.25. The van der Waals surface area contributed by atoms with E-state index < -0.39 is 0 Å². The normalized spacial score (nSPS) is 9.50. The lowest BCUT2D eigenvalue weighted by Crippen LogP contribution is -1.93. The number of ether oxygens (including phenoxy) is 1. The molecule has 0 fully saturated rings. The number of terminal acetylenes is 1. The second kappa shape index (κ2) is 5.34. The predicted molar refractivity (Wildman–Crippen MR) is 59.5 cm³/mol. The summed E-state index contributed by atoms with van der Waals surface area (Å²) in [5.41, 5.74) is 2.54. The second-order valence-electron chi connectivity index (χ2n) is 3.20. The minimum absolute atomic E-state index is 0.801. The van der Waals surface area contributed by atoms with Crippen LogP contribution < -0.4 is 4.74 Å². The van der Waals surface area contributed by atoms with Crippen molar-refractivity contribution in [3.05, 3.63) is 29.3 Å². The van der Waals surface area contributed by atoms with Crippen molar-refractivity contribution in [2.75, 3.05) is 7.11 Å². The Balaban J connectivity index is 2.85. The van der Waals surface area contributed by atoms with Crippen molar-refractivity contribution in [1.29, 1.82) is 0 Å². The van der Waals surface area contributed by atoms with Gasteiger partial charge < -0.3 is 4.74 Å². The second-order valence-corrected chi connectivity index (χ2v) is 3.20. The van der Waals surface area contributed by atoms with E-state index in [1.807, 2.05) is 6.07 Å². The van der Waals surface area contributed by atoms with Gasteiger partial charge in [-0.2, -0.15) is 0 Å². The van der Waals surface area contributed by atoms with Crippen LogP contribution in [0.1, 0.15) is 24.5 Å². The smallest absolute Gasteiger partial charge is 0.122 e. The summed E-state index contributed by atoms with van der Waals surface area (Å²) in [6, 6.07) is 6.27. The Kier molecular flexibility index (Phi) is 4.07. The zero-order chi connectivity index (χ0) is 10.4. The van der Waals surface area contributed by atoms with Crippen molar-refractivity contribution in [1.82, 2.24) is 0 Å². The van der Waals surface area contributed by atoms with Crippen molar-refractivity contribution >= 4 is 0 Å². The van der Waals surface area contributed by atoms with Gasteiger partial charge in [-0.3, -0.25) is 0 Å². The van der Waals surface area contributed by atoms with E-state index in [9.17, 15) is 0 Å². The lowest BCUT2D eigenvalue weighted by Gasteiger charge is -2.08. The van der Waals surface area contributed by atoms with Gasteiger partial charge in [0.25, 0.3) is 0 Å². The van der Waals surface area contributed by atoms with Gasteiger partial charge >= 0.3 is 0 Å². The van der Waals surface area contributed by atoms with Crippen LogP contribution in [0, 0.1) is 12.3 Å². The lowest BCUT2D eigenvalue weighted by atomic mass is 10.0. The van der Waals surface area contributed by atoms with Gasteiger partial charge in [-0.05, 0) is 30.0 Å². The van der Waals surface area contributed by atoms with Crippen molar-refractivity contribution in [2.45, 2.75) is 26.2 Å². The highest BCUT2D eigenvalue weighted by Crippen LogP contribution is 2.20. The number of methoxy groups -OCH3 is 1. The fourth-order valence-electron chi connectivity index (χ4n) is 1.48. The van der Waals surface area contributed by atoms with Crippen LogP contribution in [0.3, 0.4) is 0 Å². The molecule has 1 nitrogen and oxygen atoms in total. The highest BCUT2D eigenvalue weighted by atomic mass is 16.5. The maximum atomic E-state index is 5.26. The first kappa shape index (κ1) is 10.7. The van der Waals surface area contributed by atoms with Gasteiger partial charge in [0.2, 0.25) is 0 Å². The Morgan fingerprint density at radius 1 is 1.43 bits per heavy atom. The van der Waals surface area contributed by atoms with Crippen LogP contribution in [0.5, 0.6) is 5.75 Å². The van der Waals surface area contributed by atoms with Gasteiger partial charge in [0, 0.05) is 6.42 Å². The maximum Gasteiger partial charge on any atom is 0.122 e. The molecule has 0 saturated carbocycles. The molecule has 0 N–H and O–H groups in total. The molecule has 0 saturated heterocycles. The first-order valence-electron chi connectivity index (χ1n) is 4.91. The van der Waals surface area contributed by atoms with Gasteiger partial charge in [0.05, 0.1) is 7.11 Å². The summed E-state index contributed by atoms with van der Waals surface area (Å²) in [5.74, 6) is 3.62. The third-order valence-corrected chi connectivity index (χ3v) is 2.28. The zero-order valence-corrected chi connectivity index (χ0v) is 8.84. The molecular formula is C13H16O. The van der Waals surface area contributed by atoms with Crippen LogP contribution in [-0.2, 0) is 12.8 Å². The molecule has 0 aliphatic heterocycles. The highest BCUT2D eigenvalue weighted by Gasteiger charge is 2.01. The topological polar surface area (TPSA) is 9.23 Å². The van der Waals surface area contributed by atoms with Crippen LogP contribution >= 0.6 is 0 Å². The van der Waals surface area contributed by atoms with Gasteiger partial charge in [0.15, 0.2) is 0 Å². The van der Waals surface area contributed by atoms with E-state index in [4.69, 9.17) is 11.2 Å². The van der Waals surface area contributed by atoms with E-state index in [0.29, 0.717) is 0 Å². The molecule has 1 aromatic rings. The van der Waals surface area contributed by atoms with Crippen molar-refractivity contribution < 1.29 is 4.74 Å². The summed E-state index contributed by atoms with van der Waals surface area (Å²) < 4.78 is 5.26. The van der Waals surface area contributed by atoms with E-state index in [-0.39, 0.29) is 0 Å². The Labute approximate surface area is 86.1 Å².